The molecule has 180 valence electrons. The molecule has 4 aromatic rings. The minimum atomic E-state index is -0.574. The van der Waals surface area contributed by atoms with Gasteiger partial charge in [-0.15, -0.1) is 11.3 Å². The fraction of sp³-hybridized carbons (Fsp3) is 0.107. The Morgan fingerprint density at radius 1 is 1.06 bits per heavy atom. The van der Waals surface area contributed by atoms with Gasteiger partial charge < -0.3 is 14.2 Å². The maximum Gasteiger partial charge on any atom is 0.363 e. The molecular formula is C28H20ClNO5S. The molecule has 5 rings (SSSR count). The second-order valence-electron chi connectivity index (χ2n) is 7.85. The van der Waals surface area contributed by atoms with Crippen molar-refractivity contribution in [3.63, 3.8) is 0 Å². The predicted octanol–water partition coefficient (Wildman–Crippen LogP) is 6.45. The normalized spacial score (nSPS) is 14.1. The molecule has 0 atom stereocenters. The molecule has 0 bridgehead atoms. The third-order valence-electron chi connectivity index (χ3n) is 5.34. The van der Waals surface area contributed by atoms with Gasteiger partial charge >= 0.3 is 11.9 Å². The van der Waals surface area contributed by atoms with Crippen LogP contribution < -0.4 is 9.47 Å². The molecule has 0 saturated heterocycles. The average Bonchev–Trinajstić information content (AvgIpc) is 3.41. The van der Waals surface area contributed by atoms with Gasteiger partial charge in [-0.1, -0.05) is 66.2 Å². The lowest BCUT2D eigenvalue weighted by atomic mass is 10.1. The Bertz CT molecular complexity index is 1520. The van der Waals surface area contributed by atoms with Gasteiger partial charge in [0.05, 0.1) is 18.1 Å². The smallest absolute Gasteiger partial charge is 0.363 e. The van der Waals surface area contributed by atoms with Crippen molar-refractivity contribution in [2.75, 3.05) is 6.61 Å². The van der Waals surface area contributed by atoms with Crippen molar-refractivity contribution >= 4 is 56.9 Å². The number of ether oxygens (including phenoxy) is 3. The number of fused-ring (bicyclic) bond motifs is 1. The molecular weight excluding hydrogens is 498 g/mol. The number of nitrogens with zero attached hydrogens (tertiary/aromatic N) is 1. The summed E-state index contributed by atoms with van der Waals surface area (Å²) in [6, 6.07) is 22.1. The van der Waals surface area contributed by atoms with Crippen LogP contribution in [-0.2, 0) is 20.7 Å². The Balaban J connectivity index is 1.39. The van der Waals surface area contributed by atoms with E-state index >= 15 is 0 Å². The van der Waals surface area contributed by atoms with Gasteiger partial charge in [-0.2, -0.15) is 0 Å². The minimum absolute atomic E-state index is 0.134. The van der Waals surface area contributed by atoms with Gasteiger partial charge in [-0.05, 0) is 42.3 Å². The lowest BCUT2D eigenvalue weighted by Gasteiger charge is -2.11. The zero-order chi connectivity index (χ0) is 25.1. The monoisotopic (exact) mass is 517 g/mol. The molecule has 0 unspecified atom stereocenters. The number of cyclic esters (lactones) is 1. The second kappa shape index (κ2) is 10.4. The van der Waals surface area contributed by atoms with Crippen molar-refractivity contribution in [2.45, 2.75) is 13.3 Å². The van der Waals surface area contributed by atoms with Crippen LogP contribution in [0, 0.1) is 0 Å². The molecule has 36 heavy (non-hydrogen) atoms. The van der Waals surface area contributed by atoms with Gasteiger partial charge in [0.2, 0.25) is 5.90 Å². The molecule has 6 nitrogen and oxygen atoms in total. The third-order valence-corrected chi connectivity index (χ3v) is 7.00. The molecule has 0 amide bonds. The predicted molar refractivity (Wildman–Crippen MR) is 141 cm³/mol. The molecule has 3 aromatic carbocycles. The van der Waals surface area contributed by atoms with E-state index in [0.29, 0.717) is 33.6 Å². The summed E-state index contributed by atoms with van der Waals surface area (Å²) in [7, 11) is 0. The second-order valence-corrected chi connectivity index (χ2v) is 9.28. The summed E-state index contributed by atoms with van der Waals surface area (Å²) in [5.41, 5.74) is 1.63. The summed E-state index contributed by atoms with van der Waals surface area (Å²) < 4.78 is 17.6. The van der Waals surface area contributed by atoms with Crippen LogP contribution in [0.15, 0.2) is 83.5 Å². The lowest BCUT2D eigenvalue weighted by Crippen LogP contribution is -2.12. The van der Waals surface area contributed by atoms with Crippen LogP contribution in [-0.4, -0.2) is 24.4 Å². The first kappa shape index (κ1) is 23.8. The van der Waals surface area contributed by atoms with Crippen LogP contribution in [0.3, 0.4) is 0 Å². The lowest BCUT2D eigenvalue weighted by molar-refractivity contribution is -0.133. The van der Waals surface area contributed by atoms with Gasteiger partial charge in [0.25, 0.3) is 0 Å². The van der Waals surface area contributed by atoms with Crippen LogP contribution in [0.4, 0.5) is 0 Å². The van der Waals surface area contributed by atoms with Crippen molar-refractivity contribution in [1.82, 2.24) is 0 Å². The summed E-state index contributed by atoms with van der Waals surface area (Å²) in [6.45, 7) is 2.21. The van der Waals surface area contributed by atoms with E-state index in [-0.39, 0.29) is 18.0 Å². The highest BCUT2D eigenvalue weighted by atomic mass is 35.5. The Morgan fingerprint density at radius 3 is 2.61 bits per heavy atom. The largest absolute Gasteiger partial charge is 0.490 e. The molecule has 1 aliphatic heterocycles. The number of carbonyl (C=O) groups excluding carboxylic acids is 2. The van der Waals surface area contributed by atoms with E-state index in [2.05, 4.69) is 4.99 Å². The summed E-state index contributed by atoms with van der Waals surface area (Å²) in [6.07, 6.45) is 1.73. The summed E-state index contributed by atoms with van der Waals surface area (Å²) in [5.74, 6) is -0.113. The van der Waals surface area contributed by atoms with Crippen molar-refractivity contribution in [3.05, 3.63) is 99.5 Å². The fourth-order valence-corrected chi connectivity index (χ4v) is 5.14. The first-order chi connectivity index (χ1) is 17.5. The molecule has 1 aromatic heterocycles. The number of halogens is 1. The summed E-state index contributed by atoms with van der Waals surface area (Å²) in [5, 5.41) is 1.39. The SMILES string of the molecule is CCOc1cc(/C=C2/N=C(c3sc4ccccc4c3Cl)OC2=O)ccc1OC(=O)Cc1ccccc1. The van der Waals surface area contributed by atoms with E-state index in [1.807, 2.05) is 61.5 Å². The Hall–Kier alpha value is -3.94. The van der Waals surface area contributed by atoms with Crippen molar-refractivity contribution < 1.29 is 23.8 Å². The maximum absolute atomic E-state index is 12.5. The van der Waals surface area contributed by atoms with E-state index in [9.17, 15) is 9.59 Å². The number of esters is 2. The van der Waals surface area contributed by atoms with Crippen LogP contribution in [0.5, 0.6) is 11.5 Å². The minimum Gasteiger partial charge on any atom is -0.490 e. The number of carbonyl (C=O) groups is 2. The average molecular weight is 518 g/mol. The molecule has 1 aliphatic rings. The highest BCUT2D eigenvalue weighted by molar-refractivity contribution is 7.21. The summed E-state index contributed by atoms with van der Waals surface area (Å²) >= 11 is 7.93. The first-order valence-electron chi connectivity index (χ1n) is 11.2. The van der Waals surface area contributed by atoms with Crippen molar-refractivity contribution in [2.24, 2.45) is 4.99 Å². The number of benzene rings is 3. The first-order valence-corrected chi connectivity index (χ1v) is 12.4. The van der Waals surface area contributed by atoms with Gasteiger partial charge in [-0.25, -0.2) is 9.79 Å². The number of hydrogen-bond acceptors (Lipinski definition) is 7. The van der Waals surface area contributed by atoms with Gasteiger partial charge in [0.15, 0.2) is 17.2 Å². The third kappa shape index (κ3) is 5.03. The molecule has 0 saturated carbocycles. The number of hydrogen-bond donors (Lipinski definition) is 0. The topological polar surface area (TPSA) is 74.2 Å². The molecule has 8 heteroatoms. The quantitative estimate of drug-likeness (QED) is 0.160. The standard InChI is InChI=1S/C28H20ClNO5S/c1-2-33-22-15-18(12-13-21(22)34-24(31)16-17-8-4-3-5-9-17)14-20-28(32)35-27(30-20)26-25(29)19-10-6-7-11-23(19)36-26/h3-15H,2,16H2,1H3/b20-14+. The van der Waals surface area contributed by atoms with E-state index in [4.69, 9.17) is 25.8 Å². The van der Waals surface area contributed by atoms with E-state index in [1.165, 1.54) is 11.3 Å². The number of rotatable bonds is 7. The zero-order valence-electron chi connectivity index (χ0n) is 19.2. The highest BCUT2D eigenvalue weighted by Crippen LogP contribution is 2.37. The molecule has 0 spiro atoms. The van der Waals surface area contributed by atoms with Gasteiger partial charge in [0.1, 0.15) is 4.88 Å². The van der Waals surface area contributed by atoms with Gasteiger partial charge in [0, 0.05) is 10.1 Å². The van der Waals surface area contributed by atoms with Crippen molar-refractivity contribution in [1.29, 1.82) is 0 Å². The highest BCUT2D eigenvalue weighted by Gasteiger charge is 2.28. The van der Waals surface area contributed by atoms with Gasteiger partial charge in [-0.3, -0.25) is 4.79 Å². The molecule has 0 radical (unpaired) electrons. The van der Waals surface area contributed by atoms with Crippen LogP contribution in [0.25, 0.3) is 16.2 Å². The molecule has 0 aliphatic carbocycles. The molecule has 2 heterocycles. The Labute approximate surface area is 216 Å². The van der Waals surface area contributed by atoms with Crippen LogP contribution in [0.1, 0.15) is 22.9 Å². The molecule has 0 fully saturated rings. The number of aliphatic imine (C=N–C) groups is 1. The Kier molecular flexibility index (Phi) is 6.84. The van der Waals surface area contributed by atoms with Crippen LogP contribution in [0.2, 0.25) is 5.02 Å². The van der Waals surface area contributed by atoms with E-state index < -0.39 is 11.9 Å². The van der Waals surface area contributed by atoms with Crippen molar-refractivity contribution in [3.8, 4) is 11.5 Å². The van der Waals surface area contributed by atoms with E-state index in [0.717, 1.165) is 15.6 Å². The summed E-state index contributed by atoms with van der Waals surface area (Å²) in [4.78, 5) is 30.0. The fourth-order valence-electron chi connectivity index (χ4n) is 3.70. The maximum atomic E-state index is 12.5. The van der Waals surface area contributed by atoms with Crippen LogP contribution >= 0.6 is 22.9 Å². The Morgan fingerprint density at radius 2 is 1.83 bits per heavy atom. The van der Waals surface area contributed by atoms with E-state index in [1.54, 1.807) is 24.3 Å². The zero-order valence-corrected chi connectivity index (χ0v) is 20.8. The number of thiophene rings is 1. The molecule has 0 N–H and O–H groups in total.